The van der Waals surface area contributed by atoms with Gasteiger partial charge in [-0.3, -0.25) is 4.68 Å². The molecule has 0 radical (unpaired) electrons. The zero-order valence-electron chi connectivity index (χ0n) is 13.8. The van der Waals surface area contributed by atoms with Crippen molar-refractivity contribution in [1.29, 1.82) is 5.26 Å². The van der Waals surface area contributed by atoms with E-state index in [4.69, 9.17) is 4.52 Å². The zero-order valence-corrected chi connectivity index (χ0v) is 13.8. The lowest BCUT2D eigenvalue weighted by Gasteiger charge is -1.98. The van der Waals surface area contributed by atoms with Crippen molar-refractivity contribution < 1.29 is 4.52 Å². The Bertz CT molecular complexity index is 1320. The third-order valence-electron chi connectivity index (χ3n) is 4.50. The van der Waals surface area contributed by atoms with Crippen molar-refractivity contribution in [3.05, 3.63) is 54.4 Å². The Labute approximate surface area is 147 Å². The number of hydrogen-bond donors (Lipinski definition) is 1. The van der Waals surface area contributed by atoms with Crippen molar-refractivity contribution in [3.63, 3.8) is 0 Å². The normalized spacial score (nSPS) is 11.2. The topological polar surface area (TPSA) is 96.3 Å². The van der Waals surface area contributed by atoms with Crippen molar-refractivity contribution in [2.24, 2.45) is 7.05 Å². The Balaban J connectivity index is 1.63. The minimum absolute atomic E-state index is 0.405. The smallest absolute Gasteiger partial charge is 0.260 e. The maximum atomic E-state index is 9.20. The summed E-state index contributed by atoms with van der Waals surface area (Å²) >= 11 is 0. The lowest BCUT2D eigenvalue weighted by Crippen LogP contribution is -1.89. The highest BCUT2D eigenvalue weighted by atomic mass is 16.5. The fourth-order valence-electron chi connectivity index (χ4n) is 3.16. The van der Waals surface area contributed by atoms with Gasteiger partial charge in [-0.25, -0.2) is 0 Å². The van der Waals surface area contributed by atoms with Crippen LogP contribution in [0.25, 0.3) is 44.6 Å². The Kier molecular flexibility index (Phi) is 2.94. The van der Waals surface area contributed by atoms with Gasteiger partial charge in [0.2, 0.25) is 5.82 Å². The Hall–Kier alpha value is -3.92. The van der Waals surface area contributed by atoms with Gasteiger partial charge in [-0.05, 0) is 12.1 Å². The summed E-state index contributed by atoms with van der Waals surface area (Å²) in [5, 5.41) is 19.5. The zero-order chi connectivity index (χ0) is 17.7. The quantitative estimate of drug-likeness (QED) is 0.529. The van der Waals surface area contributed by atoms with Crippen molar-refractivity contribution in [2.45, 2.75) is 0 Å². The van der Waals surface area contributed by atoms with Crippen molar-refractivity contribution >= 4 is 21.8 Å². The number of aromatic amines is 1. The van der Waals surface area contributed by atoms with E-state index in [-0.39, 0.29) is 0 Å². The van der Waals surface area contributed by atoms with Gasteiger partial charge in [0.1, 0.15) is 6.07 Å². The summed E-state index contributed by atoms with van der Waals surface area (Å²) in [4.78, 5) is 7.67. The lowest BCUT2D eigenvalue weighted by molar-refractivity contribution is 0.432. The number of para-hydroxylation sites is 1. The van der Waals surface area contributed by atoms with Gasteiger partial charge in [-0.1, -0.05) is 29.4 Å². The number of rotatable bonds is 2. The van der Waals surface area contributed by atoms with Crippen LogP contribution in [0.1, 0.15) is 5.56 Å². The van der Waals surface area contributed by atoms with E-state index in [1.807, 2.05) is 54.3 Å². The Morgan fingerprint density at radius 3 is 3.04 bits per heavy atom. The number of H-pyrrole nitrogens is 1. The van der Waals surface area contributed by atoms with Crippen LogP contribution in [0.15, 0.2) is 53.3 Å². The lowest BCUT2D eigenvalue weighted by atomic mass is 10.1. The Morgan fingerprint density at radius 1 is 1.23 bits per heavy atom. The Morgan fingerprint density at radius 2 is 2.15 bits per heavy atom. The molecule has 0 aliphatic heterocycles. The van der Waals surface area contributed by atoms with Gasteiger partial charge < -0.3 is 9.51 Å². The maximum absolute atomic E-state index is 9.20. The van der Waals surface area contributed by atoms with Gasteiger partial charge in [0.05, 0.1) is 28.4 Å². The van der Waals surface area contributed by atoms with E-state index >= 15 is 0 Å². The molecule has 0 aliphatic carbocycles. The molecule has 0 unspecified atom stereocenters. The minimum atomic E-state index is 0.405. The van der Waals surface area contributed by atoms with Gasteiger partial charge in [0.25, 0.3) is 5.89 Å². The molecule has 5 aromatic rings. The van der Waals surface area contributed by atoms with Crippen LogP contribution >= 0.6 is 0 Å². The van der Waals surface area contributed by atoms with Gasteiger partial charge in [-0.2, -0.15) is 15.3 Å². The third kappa shape index (κ3) is 2.03. The van der Waals surface area contributed by atoms with E-state index < -0.39 is 0 Å². The highest BCUT2D eigenvalue weighted by molar-refractivity contribution is 5.95. The van der Waals surface area contributed by atoms with E-state index in [0.29, 0.717) is 17.3 Å². The molecule has 7 nitrogen and oxygen atoms in total. The molecule has 0 bridgehead atoms. The van der Waals surface area contributed by atoms with E-state index in [2.05, 4.69) is 26.3 Å². The average molecular weight is 340 g/mol. The SMILES string of the molecule is Cn1ncc2ccc(-c3noc(-c4cccc5c(C#N)c[nH]c45)n3)cc21. The standard InChI is InChI=1S/C19H12N6O/c1-25-16-7-11(5-6-12(16)10-22-25)18-23-19(26-24-18)15-4-2-3-14-13(8-20)9-21-17(14)15/h2-7,9-10,21H,1H3. The van der Waals surface area contributed by atoms with Gasteiger partial charge >= 0.3 is 0 Å². The molecule has 3 heterocycles. The fourth-order valence-corrected chi connectivity index (χ4v) is 3.16. The van der Waals surface area contributed by atoms with Crippen molar-refractivity contribution in [2.75, 3.05) is 0 Å². The molecular weight excluding hydrogens is 328 g/mol. The van der Waals surface area contributed by atoms with Crippen LogP contribution in [0, 0.1) is 11.3 Å². The summed E-state index contributed by atoms with van der Waals surface area (Å²) in [5.41, 5.74) is 4.01. The number of nitriles is 1. The second-order valence-electron chi connectivity index (χ2n) is 6.01. The largest absolute Gasteiger partial charge is 0.359 e. The molecule has 124 valence electrons. The number of aromatic nitrogens is 5. The first-order valence-electron chi connectivity index (χ1n) is 8.01. The molecule has 0 saturated carbocycles. The molecule has 1 N–H and O–H groups in total. The predicted octanol–water partition coefficient (Wildman–Crippen LogP) is 3.64. The molecule has 5 rings (SSSR count). The second-order valence-corrected chi connectivity index (χ2v) is 6.01. The molecule has 26 heavy (non-hydrogen) atoms. The van der Waals surface area contributed by atoms with Crippen LogP contribution < -0.4 is 0 Å². The van der Waals surface area contributed by atoms with Crippen molar-refractivity contribution in [3.8, 4) is 28.9 Å². The summed E-state index contributed by atoms with van der Waals surface area (Å²) in [6.45, 7) is 0. The molecule has 3 aromatic heterocycles. The number of nitrogens with zero attached hydrogens (tertiary/aromatic N) is 5. The van der Waals surface area contributed by atoms with E-state index in [0.717, 1.165) is 32.9 Å². The maximum Gasteiger partial charge on any atom is 0.260 e. The van der Waals surface area contributed by atoms with Crippen LogP contribution in [-0.4, -0.2) is 24.9 Å². The number of aryl methyl sites for hydroxylation is 1. The van der Waals surface area contributed by atoms with Crippen LogP contribution in [0.4, 0.5) is 0 Å². The molecule has 0 fully saturated rings. The first-order valence-corrected chi connectivity index (χ1v) is 8.01. The summed E-state index contributed by atoms with van der Waals surface area (Å²) in [7, 11) is 1.90. The third-order valence-corrected chi connectivity index (χ3v) is 4.50. The molecule has 0 spiro atoms. The number of fused-ring (bicyclic) bond motifs is 2. The van der Waals surface area contributed by atoms with Crippen LogP contribution in [0.5, 0.6) is 0 Å². The van der Waals surface area contributed by atoms with E-state index in [9.17, 15) is 5.26 Å². The minimum Gasteiger partial charge on any atom is -0.359 e. The summed E-state index contributed by atoms with van der Waals surface area (Å²) in [6.07, 6.45) is 3.50. The number of benzene rings is 2. The highest BCUT2D eigenvalue weighted by Crippen LogP contribution is 2.30. The molecule has 7 heteroatoms. The first-order chi connectivity index (χ1) is 12.7. The van der Waals surface area contributed by atoms with E-state index in [1.165, 1.54) is 0 Å². The number of nitrogens with one attached hydrogen (secondary N) is 1. The highest BCUT2D eigenvalue weighted by Gasteiger charge is 2.16. The monoisotopic (exact) mass is 340 g/mol. The average Bonchev–Trinajstić information content (AvgIpc) is 3.39. The number of hydrogen-bond acceptors (Lipinski definition) is 5. The summed E-state index contributed by atoms with van der Waals surface area (Å²) in [6, 6.07) is 13.7. The van der Waals surface area contributed by atoms with Gasteiger partial charge in [0.15, 0.2) is 0 Å². The van der Waals surface area contributed by atoms with Crippen LogP contribution in [0.2, 0.25) is 0 Å². The molecule has 2 aromatic carbocycles. The van der Waals surface area contributed by atoms with Gasteiger partial charge in [-0.15, -0.1) is 0 Å². The molecular formula is C19H12N6O. The fraction of sp³-hybridized carbons (Fsp3) is 0.0526. The molecule has 0 amide bonds. The summed E-state index contributed by atoms with van der Waals surface area (Å²) in [5.74, 6) is 0.911. The summed E-state index contributed by atoms with van der Waals surface area (Å²) < 4.78 is 7.30. The molecule has 0 saturated heterocycles. The van der Waals surface area contributed by atoms with E-state index in [1.54, 1.807) is 6.20 Å². The van der Waals surface area contributed by atoms with Gasteiger partial charge in [0, 0.05) is 29.6 Å². The van der Waals surface area contributed by atoms with Crippen molar-refractivity contribution in [1.82, 2.24) is 24.9 Å². The van der Waals surface area contributed by atoms with Crippen LogP contribution in [0.3, 0.4) is 0 Å². The first kappa shape index (κ1) is 14.4. The second kappa shape index (κ2) is 5.29. The molecule has 0 aliphatic rings. The molecule has 0 atom stereocenters. The van der Waals surface area contributed by atoms with Crippen LogP contribution in [-0.2, 0) is 7.05 Å². The predicted molar refractivity (Wildman–Crippen MR) is 96.0 cm³/mol.